The summed E-state index contributed by atoms with van der Waals surface area (Å²) in [6.45, 7) is 3.95. The SMILES string of the molecule is CC/C=C\C/C=C\C/C=C\C/C=C\C/C=C\C/C=C\C/C=C\C/C=C\C/C=C\CCCCCC(=O)OC(COC(=O)CCCCCCCCCCCCCCCC/C=C\C/C=C\C/C=C\C/C=C\C/C=C\C/C=C\C/C=C\C/C=C\CC)COP(=O)([O-])OCC[N+](C)(C)C. The van der Waals surface area contributed by atoms with E-state index in [-0.39, 0.29) is 26.1 Å². The summed E-state index contributed by atoms with van der Waals surface area (Å²) in [6.07, 6.45) is 113. The van der Waals surface area contributed by atoms with Crippen LogP contribution in [0.5, 0.6) is 0 Å². The largest absolute Gasteiger partial charge is 0.756 e. The molecule has 0 spiro atoms. The lowest BCUT2D eigenvalue weighted by molar-refractivity contribution is -0.870. The molecule has 0 aliphatic heterocycles. The van der Waals surface area contributed by atoms with E-state index in [1.807, 2.05) is 21.1 Å². The molecule has 0 heterocycles. The molecule has 10 heteroatoms. The summed E-state index contributed by atoms with van der Waals surface area (Å²) < 4.78 is 34.3. The van der Waals surface area contributed by atoms with Crippen molar-refractivity contribution in [3.8, 4) is 0 Å². The van der Waals surface area contributed by atoms with Crippen molar-refractivity contribution in [2.45, 2.75) is 264 Å². The minimum Gasteiger partial charge on any atom is -0.756 e. The maximum atomic E-state index is 12.9. The predicted octanol–water partition coefficient (Wildman–Crippen LogP) is 24.0. The van der Waals surface area contributed by atoms with Gasteiger partial charge in [-0.05, 0) is 148 Å². The first-order valence-corrected chi connectivity index (χ1v) is 38.3. The fourth-order valence-electron chi connectivity index (χ4n) is 9.25. The van der Waals surface area contributed by atoms with Crippen molar-refractivity contribution in [1.29, 1.82) is 0 Å². The van der Waals surface area contributed by atoms with Crippen LogP contribution in [0.1, 0.15) is 258 Å². The Balaban J connectivity index is 4.14. The Hall–Kier alpha value is -5.41. The maximum absolute atomic E-state index is 12.9. The molecule has 9 nitrogen and oxygen atoms in total. The van der Waals surface area contributed by atoms with E-state index in [0.717, 1.165) is 148 Å². The van der Waals surface area contributed by atoms with Gasteiger partial charge >= 0.3 is 11.9 Å². The molecule has 0 aliphatic carbocycles. The lowest BCUT2D eigenvalue weighted by atomic mass is 10.0. The fraction of sp³-hybridized carbons (Fsp3) is 0.571. The van der Waals surface area contributed by atoms with E-state index in [2.05, 4.69) is 220 Å². The van der Waals surface area contributed by atoms with Gasteiger partial charge in [0, 0.05) is 12.8 Å². The lowest BCUT2D eigenvalue weighted by Crippen LogP contribution is -2.37. The molecule has 0 bridgehead atoms. The van der Waals surface area contributed by atoms with E-state index in [9.17, 15) is 19.0 Å². The summed E-state index contributed by atoms with van der Waals surface area (Å²) in [5.41, 5.74) is 0. The Kier molecular flexibility index (Phi) is 67.7. The van der Waals surface area contributed by atoms with Gasteiger partial charge in [-0.25, -0.2) is 0 Å². The standard InChI is InChI=1S/C84H134NO8P/c1-6-8-10-12-14-16-18-20-22-24-26-28-30-32-34-36-38-39-40-41-42-43-44-45-47-48-50-52-54-56-58-60-62-64-66-68-70-72-74-76-83(86)90-80-82(81-92-94(88,89)91-79-78-85(3,4)5)93-84(87)77-75-73-71-69-67-65-63-61-59-57-55-53-51-49-46-37-35-33-31-29-27-25-23-21-19-17-15-13-11-9-7-2/h8-11,14-17,20-23,26-29,32-35,38-39,41-42,44-46,49,53,55,59,61,65,67,82H,6-7,12-13,18-19,24-25,30-31,36-37,40,43,47-48,50-52,54,56-58,60,62-64,66,68-81H2,1-5H3/b10-8-,11-9-,16-14-,17-15-,22-20-,23-21-,28-26-,29-27-,34-32-,35-33-,39-38-,42-41-,45-44-,49-46-,55-53-,61-59-,67-65-. The van der Waals surface area contributed by atoms with Crippen molar-refractivity contribution in [2.24, 2.45) is 0 Å². The molecule has 0 aliphatic rings. The van der Waals surface area contributed by atoms with Crippen LogP contribution in [0.4, 0.5) is 0 Å². The molecule has 0 rings (SSSR count). The molecule has 0 aromatic rings. The zero-order valence-electron chi connectivity index (χ0n) is 60.1. The minimum atomic E-state index is -4.67. The molecular weight excluding hydrogens is 1180 g/mol. The lowest BCUT2D eigenvalue weighted by Gasteiger charge is -2.28. The van der Waals surface area contributed by atoms with Gasteiger partial charge in [0.25, 0.3) is 7.82 Å². The van der Waals surface area contributed by atoms with Crippen molar-refractivity contribution < 1.29 is 42.1 Å². The molecule has 0 saturated heterocycles. The van der Waals surface area contributed by atoms with Crippen molar-refractivity contribution in [3.63, 3.8) is 0 Å². The Morgan fingerprint density at radius 1 is 0.330 bits per heavy atom. The molecule has 0 fully saturated rings. The molecule has 0 aromatic heterocycles. The third-order valence-corrected chi connectivity index (χ3v) is 15.8. The van der Waals surface area contributed by atoms with Crippen LogP contribution in [0.25, 0.3) is 0 Å². The van der Waals surface area contributed by atoms with Crippen LogP contribution in [-0.4, -0.2) is 70.0 Å². The molecule has 2 unspecified atom stereocenters. The number of ether oxygens (including phenoxy) is 2. The Bertz CT molecular complexity index is 2340. The van der Waals surface area contributed by atoms with Gasteiger partial charge in [0.1, 0.15) is 19.8 Å². The predicted molar refractivity (Wildman–Crippen MR) is 405 cm³/mol. The zero-order chi connectivity index (χ0) is 68.3. The highest BCUT2D eigenvalue weighted by Crippen LogP contribution is 2.38. The van der Waals surface area contributed by atoms with Gasteiger partial charge in [0.2, 0.25) is 0 Å². The average molecular weight is 1320 g/mol. The highest BCUT2D eigenvalue weighted by molar-refractivity contribution is 7.45. The smallest absolute Gasteiger partial charge is 0.306 e. The Labute approximate surface area is 576 Å². The molecule has 94 heavy (non-hydrogen) atoms. The third-order valence-electron chi connectivity index (χ3n) is 14.8. The maximum Gasteiger partial charge on any atom is 0.306 e. The first-order chi connectivity index (χ1) is 46.0. The van der Waals surface area contributed by atoms with Gasteiger partial charge < -0.3 is 27.9 Å². The normalized spacial score (nSPS) is 14.3. The Morgan fingerprint density at radius 3 is 0.862 bits per heavy atom. The number of allylic oxidation sites excluding steroid dienone is 34. The molecule has 528 valence electrons. The van der Waals surface area contributed by atoms with E-state index in [1.165, 1.54) is 70.6 Å². The van der Waals surface area contributed by atoms with Gasteiger partial charge in [0.05, 0.1) is 27.7 Å². The van der Waals surface area contributed by atoms with Crippen molar-refractivity contribution in [3.05, 3.63) is 207 Å². The number of rotatable bonds is 65. The van der Waals surface area contributed by atoms with Gasteiger partial charge in [0.15, 0.2) is 6.10 Å². The second-order valence-electron chi connectivity index (χ2n) is 24.8. The number of hydrogen-bond acceptors (Lipinski definition) is 8. The van der Waals surface area contributed by atoms with Gasteiger partial charge in [-0.3, -0.25) is 14.2 Å². The first kappa shape index (κ1) is 88.6. The second kappa shape index (κ2) is 71.9. The quantitative estimate of drug-likeness (QED) is 0.0195. The van der Waals surface area contributed by atoms with Crippen LogP contribution in [0, 0.1) is 0 Å². The number of carbonyl (C=O) groups excluding carboxylic acids is 2. The summed E-state index contributed by atoms with van der Waals surface area (Å²) in [6, 6.07) is 0. The molecule has 0 radical (unpaired) electrons. The van der Waals surface area contributed by atoms with Gasteiger partial charge in [-0.2, -0.15) is 0 Å². The number of phosphoric ester groups is 1. The zero-order valence-corrected chi connectivity index (χ0v) is 61.0. The van der Waals surface area contributed by atoms with Gasteiger partial charge in [-0.1, -0.05) is 304 Å². The molecular formula is C84H134NO8P. The molecule has 2 atom stereocenters. The summed E-state index contributed by atoms with van der Waals surface area (Å²) in [4.78, 5) is 38.1. The van der Waals surface area contributed by atoms with E-state index in [0.29, 0.717) is 23.9 Å². The number of quaternary nitrogens is 1. The highest BCUT2D eigenvalue weighted by Gasteiger charge is 2.22. The van der Waals surface area contributed by atoms with Crippen molar-refractivity contribution in [2.75, 3.05) is 47.5 Å². The molecule has 0 N–H and O–H groups in total. The van der Waals surface area contributed by atoms with Crippen molar-refractivity contribution >= 4 is 19.8 Å². The molecule has 0 aromatic carbocycles. The number of nitrogens with zero attached hydrogens (tertiary/aromatic N) is 1. The second-order valence-corrected chi connectivity index (χ2v) is 26.2. The number of hydrogen-bond donors (Lipinski definition) is 0. The summed E-state index contributed by atoms with van der Waals surface area (Å²) in [7, 11) is 1.12. The number of esters is 2. The summed E-state index contributed by atoms with van der Waals surface area (Å²) >= 11 is 0. The van der Waals surface area contributed by atoms with E-state index in [1.54, 1.807) is 0 Å². The van der Waals surface area contributed by atoms with Crippen LogP contribution < -0.4 is 4.89 Å². The number of likely N-dealkylation sites (N-methyl/N-ethyl adjacent to an activating group) is 1. The summed E-state index contributed by atoms with van der Waals surface area (Å²) in [5.74, 6) is -0.884. The van der Waals surface area contributed by atoms with E-state index >= 15 is 0 Å². The third kappa shape index (κ3) is 75.6. The topological polar surface area (TPSA) is 111 Å². The van der Waals surface area contributed by atoms with Crippen LogP contribution in [-0.2, 0) is 32.7 Å². The fourth-order valence-corrected chi connectivity index (χ4v) is 9.98. The number of phosphoric acid groups is 1. The molecule has 0 saturated carbocycles. The first-order valence-electron chi connectivity index (χ1n) is 36.8. The minimum absolute atomic E-state index is 0.0483. The average Bonchev–Trinajstić information content (AvgIpc) is 1.66. The summed E-state index contributed by atoms with van der Waals surface area (Å²) in [5, 5.41) is 0. The molecule has 0 amide bonds. The van der Waals surface area contributed by atoms with E-state index < -0.39 is 32.5 Å². The van der Waals surface area contributed by atoms with Crippen LogP contribution in [0.2, 0.25) is 0 Å². The van der Waals surface area contributed by atoms with E-state index in [4.69, 9.17) is 18.5 Å². The Morgan fingerprint density at radius 2 is 0.574 bits per heavy atom. The van der Waals surface area contributed by atoms with Crippen LogP contribution >= 0.6 is 7.82 Å². The van der Waals surface area contributed by atoms with Crippen molar-refractivity contribution in [1.82, 2.24) is 0 Å². The number of unbranched alkanes of at least 4 members (excludes halogenated alkanes) is 17. The van der Waals surface area contributed by atoms with Crippen LogP contribution in [0.15, 0.2) is 207 Å². The highest BCUT2D eigenvalue weighted by atomic mass is 31.2. The van der Waals surface area contributed by atoms with Crippen LogP contribution in [0.3, 0.4) is 0 Å². The monoisotopic (exact) mass is 1320 g/mol. The van der Waals surface area contributed by atoms with Gasteiger partial charge in [-0.15, -0.1) is 0 Å². The number of carbonyl (C=O) groups is 2.